The Bertz CT molecular complexity index is 920. The summed E-state index contributed by atoms with van der Waals surface area (Å²) < 4.78 is 40.8. The molecular formula is C15H13F3N4OS. The van der Waals surface area contributed by atoms with Crippen molar-refractivity contribution in [1.82, 2.24) is 19.6 Å². The van der Waals surface area contributed by atoms with Crippen LogP contribution in [0.15, 0.2) is 29.3 Å². The number of hydrogen-bond acceptors (Lipinski definition) is 5. The van der Waals surface area contributed by atoms with Crippen molar-refractivity contribution in [2.45, 2.75) is 24.0 Å². The zero-order chi connectivity index (χ0) is 16.9. The zero-order valence-electron chi connectivity index (χ0n) is 12.4. The fraction of sp³-hybridized carbons (Fsp3) is 0.400. The van der Waals surface area contributed by atoms with Crippen molar-refractivity contribution < 1.29 is 18.3 Å². The van der Waals surface area contributed by atoms with E-state index in [0.29, 0.717) is 21.8 Å². The quantitative estimate of drug-likeness (QED) is 0.729. The number of aliphatic hydroxyl groups excluding tert-OH is 1. The second-order valence-electron chi connectivity index (χ2n) is 6.03. The molecule has 4 rings (SSSR count). The van der Waals surface area contributed by atoms with E-state index >= 15 is 0 Å². The molecule has 0 aliphatic heterocycles. The van der Waals surface area contributed by atoms with E-state index in [0.717, 1.165) is 17.2 Å². The van der Waals surface area contributed by atoms with E-state index in [2.05, 4.69) is 15.2 Å². The second kappa shape index (κ2) is 5.32. The third kappa shape index (κ3) is 2.51. The standard InChI is InChI=1S/C15H13F3N4OS/c16-15(17,18)13-21-20-11-12(24-8-14(7-23)5-6-14)19-9-3-1-2-4-10(9)22(11)13/h1-4,23H,5-8H2. The number of halogens is 3. The molecule has 0 spiro atoms. The van der Waals surface area contributed by atoms with Gasteiger partial charge in [-0.3, -0.25) is 4.40 Å². The maximum atomic E-state index is 13.3. The molecule has 1 saturated carbocycles. The average Bonchev–Trinajstić information content (AvgIpc) is 3.19. The molecule has 1 aromatic carbocycles. The number of fused-ring (bicyclic) bond motifs is 3. The first kappa shape index (κ1) is 15.6. The van der Waals surface area contributed by atoms with E-state index in [1.807, 2.05) is 0 Å². The minimum absolute atomic E-state index is 0.0738. The Labute approximate surface area is 138 Å². The van der Waals surface area contributed by atoms with Crippen LogP contribution in [-0.4, -0.2) is 37.0 Å². The summed E-state index contributed by atoms with van der Waals surface area (Å²) in [6.45, 7) is 0.0738. The lowest BCUT2D eigenvalue weighted by Crippen LogP contribution is -2.12. The summed E-state index contributed by atoms with van der Waals surface area (Å²) in [5.41, 5.74) is 0.728. The molecule has 0 saturated heterocycles. The lowest BCUT2D eigenvalue weighted by atomic mass is 10.2. The molecule has 1 aliphatic carbocycles. The van der Waals surface area contributed by atoms with Crippen LogP contribution in [0.2, 0.25) is 0 Å². The molecule has 5 nitrogen and oxygen atoms in total. The average molecular weight is 354 g/mol. The molecule has 1 fully saturated rings. The Morgan fingerprint density at radius 1 is 1.21 bits per heavy atom. The van der Waals surface area contributed by atoms with Crippen molar-refractivity contribution in [3.63, 3.8) is 0 Å². The third-order valence-electron chi connectivity index (χ3n) is 4.26. The first-order chi connectivity index (χ1) is 11.4. The van der Waals surface area contributed by atoms with Gasteiger partial charge >= 0.3 is 6.18 Å². The number of benzene rings is 1. The Hall–Kier alpha value is -1.87. The lowest BCUT2D eigenvalue weighted by molar-refractivity contribution is -0.145. The summed E-state index contributed by atoms with van der Waals surface area (Å²) in [5.74, 6) is -0.458. The fourth-order valence-electron chi connectivity index (χ4n) is 2.58. The number of alkyl halides is 3. The molecule has 2 aromatic heterocycles. The Kier molecular flexibility index (Phi) is 3.47. The van der Waals surface area contributed by atoms with E-state index in [4.69, 9.17) is 0 Å². The lowest BCUT2D eigenvalue weighted by Gasteiger charge is -2.12. The largest absolute Gasteiger partial charge is 0.452 e. The van der Waals surface area contributed by atoms with E-state index in [1.165, 1.54) is 11.8 Å². The van der Waals surface area contributed by atoms with E-state index < -0.39 is 12.0 Å². The van der Waals surface area contributed by atoms with E-state index in [-0.39, 0.29) is 17.7 Å². The van der Waals surface area contributed by atoms with Crippen LogP contribution in [0.1, 0.15) is 18.7 Å². The Morgan fingerprint density at radius 3 is 2.62 bits per heavy atom. The van der Waals surface area contributed by atoms with Crippen molar-refractivity contribution in [3.05, 3.63) is 30.1 Å². The molecular weight excluding hydrogens is 341 g/mol. The van der Waals surface area contributed by atoms with Crippen molar-refractivity contribution in [3.8, 4) is 0 Å². The van der Waals surface area contributed by atoms with Crippen LogP contribution in [0.4, 0.5) is 13.2 Å². The summed E-state index contributed by atoms with van der Waals surface area (Å²) in [7, 11) is 0. The van der Waals surface area contributed by atoms with Gasteiger partial charge in [-0.15, -0.1) is 22.0 Å². The highest BCUT2D eigenvalue weighted by Crippen LogP contribution is 2.48. The van der Waals surface area contributed by atoms with Gasteiger partial charge in [0, 0.05) is 17.8 Å². The number of rotatable bonds is 4. The molecule has 9 heteroatoms. The van der Waals surface area contributed by atoms with Crippen molar-refractivity contribution >= 4 is 28.4 Å². The number of hydrogen-bond donors (Lipinski definition) is 1. The van der Waals surface area contributed by atoms with Crippen LogP contribution in [-0.2, 0) is 6.18 Å². The predicted octanol–water partition coefficient (Wildman–Crippen LogP) is 3.16. The minimum Gasteiger partial charge on any atom is -0.396 e. The van der Waals surface area contributed by atoms with Gasteiger partial charge in [-0.1, -0.05) is 12.1 Å². The Morgan fingerprint density at radius 2 is 1.96 bits per heavy atom. The maximum absolute atomic E-state index is 13.3. The highest BCUT2D eigenvalue weighted by atomic mass is 32.2. The topological polar surface area (TPSA) is 63.3 Å². The molecule has 1 N–H and O–H groups in total. The smallest absolute Gasteiger partial charge is 0.396 e. The first-order valence-corrected chi connectivity index (χ1v) is 8.37. The Balaban J connectivity index is 1.88. The molecule has 0 unspecified atom stereocenters. The first-order valence-electron chi connectivity index (χ1n) is 7.38. The van der Waals surface area contributed by atoms with Gasteiger partial charge in [0.05, 0.1) is 11.0 Å². The number of nitrogens with zero attached hydrogens (tertiary/aromatic N) is 4. The van der Waals surface area contributed by atoms with Crippen molar-refractivity contribution in [2.24, 2.45) is 5.41 Å². The van der Waals surface area contributed by atoms with Gasteiger partial charge in [0.25, 0.3) is 0 Å². The predicted molar refractivity (Wildman–Crippen MR) is 82.8 cm³/mol. The van der Waals surface area contributed by atoms with Crippen LogP contribution < -0.4 is 0 Å². The molecule has 24 heavy (non-hydrogen) atoms. The van der Waals surface area contributed by atoms with Gasteiger partial charge in [0.15, 0.2) is 5.65 Å². The van der Waals surface area contributed by atoms with Gasteiger partial charge in [-0.05, 0) is 25.0 Å². The fourth-order valence-corrected chi connectivity index (χ4v) is 3.83. The van der Waals surface area contributed by atoms with Gasteiger partial charge in [-0.2, -0.15) is 13.2 Å². The monoisotopic (exact) mass is 354 g/mol. The zero-order valence-corrected chi connectivity index (χ0v) is 13.2. The molecule has 126 valence electrons. The summed E-state index contributed by atoms with van der Waals surface area (Å²) >= 11 is 1.32. The van der Waals surface area contributed by atoms with Crippen molar-refractivity contribution in [2.75, 3.05) is 12.4 Å². The third-order valence-corrected chi connectivity index (χ3v) is 5.56. The van der Waals surface area contributed by atoms with Gasteiger partial charge < -0.3 is 5.11 Å². The summed E-state index contributed by atoms with van der Waals surface area (Å²) in [6.07, 6.45) is -2.77. The van der Waals surface area contributed by atoms with Gasteiger partial charge in [0.2, 0.25) is 5.82 Å². The highest BCUT2D eigenvalue weighted by Gasteiger charge is 2.42. The molecule has 0 amide bonds. The minimum atomic E-state index is -4.60. The number of aliphatic hydroxyl groups is 1. The molecule has 1 aliphatic rings. The number of thioether (sulfide) groups is 1. The van der Waals surface area contributed by atoms with Gasteiger partial charge in [0.1, 0.15) is 5.03 Å². The normalized spacial score (nSPS) is 16.8. The summed E-state index contributed by atoms with van der Waals surface area (Å²) in [4.78, 5) is 4.45. The number of para-hydroxylation sites is 2. The van der Waals surface area contributed by atoms with Crippen LogP contribution >= 0.6 is 11.8 Å². The van der Waals surface area contributed by atoms with E-state index in [1.54, 1.807) is 24.3 Å². The maximum Gasteiger partial charge on any atom is 0.452 e. The molecule has 3 aromatic rings. The number of aromatic nitrogens is 4. The molecule has 0 atom stereocenters. The van der Waals surface area contributed by atoms with Crippen LogP contribution in [0.25, 0.3) is 16.7 Å². The summed E-state index contributed by atoms with van der Waals surface area (Å²) in [6, 6.07) is 6.61. The van der Waals surface area contributed by atoms with Crippen molar-refractivity contribution in [1.29, 1.82) is 0 Å². The van der Waals surface area contributed by atoms with Crippen LogP contribution in [0.5, 0.6) is 0 Å². The molecule has 0 radical (unpaired) electrons. The van der Waals surface area contributed by atoms with Crippen LogP contribution in [0.3, 0.4) is 0 Å². The van der Waals surface area contributed by atoms with Gasteiger partial charge in [-0.25, -0.2) is 4.98 Å². The molecule has 0 bridgehead atoms. The SMILES string of the molecule is OCC1(CSc2nc3ccccc3n3c(C(F)(F)F)nnc23)CC1. The summed E-state index contributed by atoms with van der Waals surface area (Å²) in [5, 5.41) is 16.9. The van der Waals surface area contributed by atoms with Crippen LogP contribution in [0, 0.1) is 5.41 Å². The highest BCUT2D eigenvalue weighted by molar-refractivity contribution is 7.99. The second-order valence-corrected chi connectivity index (χ2v) is 7.00. The van der Waals surface area contributed by atoms with E-state index in [9.17, 15) is 18.3 Å². The molecule has 2 heterocycles.